The summed E-state index contributed by atoms with van der Waals surface area (Å²) in [7, 11) is 1.77. The van der Waals surface area contributed by atoms with Crippen LogP contribution in [0.4, 0.5) is 14.9 Å². The number of carbonyl (C=O) groups is 2. The van der Waals surface area contributed by atoms with Crippen LogP contribution in [0.3, 0.4) is 0 Å². The second-order valence-electron chi connectivity index (χ2n) is 14.9. The lowest BCUT2D eigenvalue weighted by Gasteiger charge is -2.54. The molecule has 11 heteroatoms. The van der Waals surface area contributed by atoms with Gasteiger partial charge in [-0.05, 0) is 108 Å². The SMILES string of the molecule is Cn1cnc(C2CC3CC(O)(C#CC4(O)CC5(CCN(C(=O)OC(C)(C)C)CC5)C4)CC3C2)c1C(=O)Nc1ccc(F)c(Cl)c1. The van der Waals surface area contributed by atoms with Crippen LogP contribution < -0.4 is 5.32 Å². The summed E-state index contributed by atoms with van der Waals surface area (Å²) in [6.07, 6.45) is 6.67. The number of hydrogen-bond acceptors (Lipinski definition) is 6. The van der Waals surface area contributed by atoms with E-state index < -0.39 is 22.6 Å². The Morgan fingerprint density at radius 3 is 2.31 bits per heavy atom. The second kappa shape index (κ2) is 11.3. The predicted molar refractivity (Wildman–Crippen MR) is 167 cm³/mol. The molecule has 9 nitrogen and oxygen atoms in total. The van der Waals surface area contributed by atoms with Gasteiger partial charge in [-0.2, -0.15) is 0 Å². The van der Waals surface area contributed by atoms with Crippen molar-refractivity contribution in [3.63, 3.8) is 0 Å². The lowest BCUT2D eigenvalue weighted by molar-refractivity contribution is -0.112. The number of halogens is 2. The molecule has 45 heavy (non-hydrogen) atoms. The summed E-state index contributed by atoms with van der Waals surface area (Å²) in [6, 6.07) is 4.05. The number of nitrogens with one attached hydrogen (secondary N) is 1. The summed E-state index contributed by atoms with van der Waals surface area (Å²) >= 11 is 5.89. The molecule has 1 aliphatic heterocycles. The average molecular weight is 641 g/mol. The fraction of sp³-hybridized carbons (Fsp3) is 0.618. The van der Waals surface area contributed by atoms with Crippen molar-refractivity contribution in [3.8, 4) is 11.8 Å². The van der Waals surface area contributed by atoms with Gasteiger partial charge < -0.3 is 29.7 Å². The van der Waals surface area contributed by atoms with Gasteiger partial charge in [-0.15, -0.1) is 0 Å². The topological polar surface area (TPSA) is 117 Å². The number of aromatic nitrogens is 2. The molecule has 1 saturated heterocycles. The fourth-order valence-electron chi connectivity index (χ4n) is 8.13. The standard InChI is InChI=1S/C34H42ClFN4O5/c1-31(2,3)45-30(42)40-11-9-32(10-12-40)18-34(44,19-32)8-7-33(43)16-22-13-21(14-23(22)17-33)27-28(39(4)20-37-27)29(41)38-24-5-6-26(36)25(35)15-24/h5-6,15,20-23,43-44H,9-14,16-19H2,1-4H3,(H,38,41). The Hall–Kier alpha value is -3.13. The monoisotopic (exact) mass is 640 g/mol. The van der Waals surface area contributed by atoms with E-state index in [1.807, 2.05) is 20.8 Å². The van der Waals surface area contributed by atoms with E-state index in [0.29, 0.717) is 50.2 Å². The summed E-state index contributed by atoms with van der Waals surface area (Å²) in [5.74, 6) is 5.78. The quantitative estimate of drug-likeness (QED) is 0.374. The molecule has 2 atom stereocenters. The number of aryl methyl sites for hydroxylation is 1. The number of anilines is 1. The smallest absolute Gasteiger partial charge is 0.410 e. The van der Waals surface area contributed by atoms with Crippen LogP contribution >= 0.6 is 11.6 Å². The summed E-state index contributed by atoms with van der Waals surface area (Å²) in [5.41, 5.74) is -1.25. The molecule has 3 saturated carbocycles. The molecule has 2 heterocycles. The number of likely N-dealkylation sites (tertiary alicyclic amines) is 1. The molecule has 1 aromatic heterocycles. The number of nitrogens with zero attached hydrogens (tertiary/aromatic N) is 3. The molecular weight excluding hydrogens is 599 g/mol. The summed E-state index contributed by atoms with van der Waals surface area (Å²) < 4.78 is 20.8. The molecule has 4 aliphatic rings. The third kappa shape index (κ3) is 6.58. The van der Waals surface area contributed by atoms with Gasteiger partial charge in [0.1, 0.15) is 28.3 Å². The van der Waals surface area contributed by atoms with Gasteiger partial charge >= 0.3 is 6.09 Å². The number of piperidine rings is 1. The Balaban J connectivity index is 1.03. The van der Waals surface area contributed by atoms with Crippen molar-refractivity contribution in [2.24, 2.45) is 24.3 Å². The zero-order chi connectivity index (χ0) is 32.4. The number of hydrogen-bond donors (Lipinski definition) is 3. The minimum absolute atomic E-state index is 0.0282. The molecule has 242 valence electrons. The molecule has 2 aromatic rings. The van der Waals surface area contributed by atoms with Gasteiger partial charge in [0.2, 0.25) is 0 Å². The Morgan fingerprint density at radius 2 is 1.71 bits per heavy atom. The van der Waals surface area contributed by atoms with E-state index in [4.69, 9.17) is 16.3 Å². The molecule has 1 aromatic carbocycles. The first-order valence-electron chi connectivity index (χ1n) is 15.8. The second-order valence-corrected chi connectivity index (χ2v) is 15.3. The Kier molecular flexibility index (Phi) is 7.98. The van der Waals surface area contributed by atoms with Gasteiger partial charge in [-0.3, -0.25) is 4.79 Å². The maximum atomic E-state index is 13.6. The van der Waals surface area contributed by atoms with Crippen LogP contribution in [-0.4, -0.2) is 66.6 Å². The summed E-state index contributed by atoms with van der Waals surface area (Å²) in [5, 5.41) is 25.3. The number of aliphatic hydroxyl groups is 2. The summed E-state index contributed by atoms with van der Waals surface area (Å²) in [4.78, 5) is 32.0. The van der Waals surface area contributed by atoms with Gasteiger partial charge in [-0.1, -0.05) is 23.4 Å². The van der Waals surface area contributed by atoms with Crippen molar-refractivity contribution in [3.05, 3.63) is 46.8 Å². The zero-order valence-electron chi connectivity index (χ0n) is 26.3. The Bertz CT molecular complexity index is 1540. The van der Waals surface area contributed by atoms with E-state index in [1.165, 1.54) is 18.2 Å². The molecule has 0 radical (unpaired) electrons. The van der Waals surface area contributed by atoms with Crippen LogP contribution in [0.2, 0.25) is 5.02 Å². The van der Waals surface area contributed by atoms with E-state index in [2.05, 4.69) is 22.1 Å². The highest BCUT2D eigenvalue weighted by molar-refractivity contribution is 6.31. The number of fused-ring (bicyclic) bond motifs is 1. The van der Waals surface area contributed by atoms with Crippen LogP contribution in [0.1, 0.15) is 94.2 Å². The number of ether oxygens (including phenoxy) is 1. The first-order chi connectivity index (χ1) is 21.0. The molecule has 0 bridgehead atoms. The Labute approximate surface area is 268 Å². The van der Waals surface area contributed by atoms with Crippen molar-refractivity contribution in [1.29, 1.82) is 0 Å². The van der Waals surface area contributed by atoms with Gasteiger partial charge in [0.25, 0.3) is 5.91 Å². The van der Waals surface area contributed by atoms with Crippen molar-refractivity contribution >= 4 is 29.3 Å². The molecule has 1 spiro atoms. The number of carbonyl (C=O) groups excluding carboxylic acids is 2. The van der Waals surface area contributed by atoms with Crippen LogP contribution in [0.15, 0.2) is 24.5 Å². The largest absolute Gasteiger partial charge is 0.444 e. The average Bonchev–Trinajstić information content (AvgIpc) is 3.59. The maximum Gasteiger partial charge on any atom is 0.410 e. The fourth-order valence-corrected chi connectivity index (χ4v) is 8.31. The highest BCUT2D eigenvalue weighted by atomic mass is 35.5. The van der Waals surface area contributed by atoms with Crippen molar-refractivity contribution in [2.75, 3.05) is 18.4 Å². The molecule has 3 aliphatic carbocycles. The van der Waals surface area contributed by atoms with E-state index >= 15 is 0 Å². The normalized spacial score (nSPS) is 28.2. The van der Waals surface area contributed by atoms with Gasteiger partial charge in [-0.25, -0.2) is 14.2 Å². The Morgan fingerprint density at radius 1 is 1.09 bits per heavy atom. The minimum atomic E-state index is -1.15. The van der Waals surface area contributed by atoms with E-state index in [-0.39, 0.29) is 40.2 Å². The molecule has 6 rings (SSSR count). The first-order valence-corrected chi connectivity index (χ1v) is 16.2. The summed E-state index contributed by atoms with van der Waals surface area (Å²) in [6.45, 7) is 6.79. The number of benzene rings is 1. The zero-order valence-corrected chi connectivity index (χ0v) is 27.1. The maximum absolute atomic E-state index is 13.6. The van der Waals surface area contributed by atoms with E-state index in [0.717, 1.165) is 31.4 Å². The number of rotatable bonds is 3. The highest BCUT2D eigenvalue weighted by Crippen LogP contribution is 2.56. The molecule has 4 fully saturated rings. The minimum Gasteiger partial charge on any atom is -0.444 e. The molecule has 2 amide bonds. The molecule has 2 unspecified atom stereocenters. The lowest BCUT2D eigenvalue weighted by atomic mass is 9.55. The molecular formula is C34H42ClFN4O5. The van der Waals surface area contributed by atoms with Crippen molar-refractivity contribution < 1.29 is 28.9 Å². The van der Waals surface area contributed by atoms with E-state index in [9.17, 15) is 24.2 Å². The van der Waals surface area contributed by atoms with Crippen LogP contribution in [0, 0.1) is 34.9 Å². The predicted octanol–water partition coefficient (Wildman–Crippen LogP) is 5.65. The lowest BCUT2D eigenvalue weighted by Crippen LogP contribution is -2.56. The van der Waals surface area contributed by atoms with Gasteiger partial charge in [0, 0.05) is 31.7 Å². The molecule has 3 N–H and O–H groups in total. The van der Waals surface area contributed by atoms with Crippen molar-refractivity contribution in [1.82, 2.24) is 14.5 Å². The van der Waals surface area contributed by atoms with Crippen LogP contribution in [0.25, 0.3) is 0 Å². The highest BCUT2D eigenvalue weighted by Gasteiger charge is 2.55. The van der Waals surface area contributed by atoms with E-state index in [1.54, 1.807) is 22.8 Å². The van der Waals surface area contributed by atoms with Crippen LogP contribution in [-0.2, 0) is 11.8 Å². The van der Waals surface area contributed by atoms with Crippen LogP contribution in [0.5, 0.6) is 0 Å². The third-order valence-corrected chi connectivity index (χ3v) is 10.4. The van der Waals surface area contributed by atoms with Crippen molar-refractivity contribution in [2.45, 2.75) is 94.9 Å². The third-order valence-electron chi connectivity index (χ3n) is 10.1. The first kappa shape index (κ1) is 31.8. The van der Waals surface area contributed by atoms with Gasteiger partial charge in [0.05, 0.1) is 17.0 Å². The number of amides is 2. The number of imidazole rings is 1. The van der Waals surface area contributed by atoms with Gasteiger partial charge in [0.15, 0.2) is 0 Å².